The van der Waals surface area contributed by atoms with Crippen molar-refractivity contribution in [3.63, 3.8) is 0 Å². The van der Waals surface area contributed by atoms with Crippen LogP contribution in [0.1, 0.15) is 16.1 Å². The summed E-state index contributed by atoms with van der Waals surface area (Å²) in [6, 6.07) is 23.2. The molecule has 7 heteroatoms. The highest BCUT2D eigenvalue weighted by atomic mass is 19.3. The summed E-state index contributed by atoms with van der Waals surface area (Å²) in [5, 5.41) is 4.92. The number of para-hydroxylation sites is 1. The number of halogens is 2. The van der Waals surface area contributed by atoms with E-state index in [-0.39, 0.29) is 11.7 Å². The van der Waals surface area contributed by atoms with Crippen molar-refractivity contribution in [1.82, 2.24) is 10.4 Å². The summed E-state index contributed by atoms with van der Waals surface area (Å²) in [5.41, 5.74) is 6.10. The third-order valence-electron chi connectivity index (χ3n) is 4.48. The second-order valence-electron chi connectivity index (χ2n) is 6.43. The second kappa shape index (κ2) is 8.57. The van der Waals surface area contributed by atoms with Crippen LogP contribution in [0.15, 0.2) is 84.0 Å². The monoisotopic (exact) mass is 405 g/mol. The van der Waals surface area contributed by atoms with Crippen molar-refractivity contribution in [3.8, 4) is 16.9 Å². The summed E-state index contributed by atoms with van der Waals surface area (Å²) >= 11 is 0. The number of rotatable bonds is 6. The molecule has 0 bridgehead atoms. The molecule has 30 heavy (non-hydrogen) atoms. The molecule has 1 heterocycles. The topological polar surface area (TPSA) is 66.5 Å². The molecule has 0 radical (unpaired) electrons. The number of benzene rings is 3. The molecule has 0 fully saturated rings. The average molecular weight is 405 g/mol. The van der Waals surface area contributed by atoms with Crippen LogP contribution in [0.25, 0.3) is 22.0 Å². The molecule has 0 unspecified atom stereocenters. The number of ether oxygens (including phenoxy) is 1. The molecule has 0 saturated heterocycles. The Bertz CT molecular complexity index is 1190. The maximum absolute atomic E-state index is 12.8. The van der Waals surface area contributed by atoms with E-state index in [1.54, 1.807) is 12.1 Å². The number of fused-ring (bicyclic) bond motifs is 1. The quantitative estimate of drug-likeness (QED) is 0.342. The Morgan fingerprint density at radius 3 is 2.40 bits per heavy atom. The SMILES string of the molecule is O=C(N/N=C/c1ccc(OC(F)F)cc1)c1[nH]c2ccccc2c1-c1ccccc1. The summed E-state index contributed by atoms with van der Waals surface area (Å²) < 4.78 is 28.7. The van der Waals surface area contributed by atoms with Gasteiger partial charge in [-0.2, -0.15) is 13.9 Å². The number of nitrogens with zero attached hydrogens (tertiary/aromatic N) is 1. The lowest BCUT2D eigenvalue weighted by Gasteiger charge is -2.05. The highest BCUT2D eigenvalue weighted by Gasteiger charge is 2.18. The summed E-state index contributed by atoms with van der Waals surface area (Å²) in [7, 11) is 0. The molecule has 150 valence electrons. The van der Waals surface area contributed by atoms with Gasteiger partial charge in [-0.15, -0.1) is 0 Å². The Morgan fingerprint density at radius 2 is 1.67 bits per heavy atom. The zero-order valence-corrected chi connectivity index (χ0v) is 15.7. The first-order valence-corrected chi connectivity index (χ1v) is 9.16. The minimum absolute atomic E-state index is 0.0526. The predicted molar refractivity (Wildman–Crippen MR) is 112 cm³/mol. The zero-order chi connectivity index (χ0) is 20.9. The van der Waals surface area contributed by atoms with E-state index < -0.39 is 6.61 Å². The maximum atomic E-state index is 12.8. The minimum atomic E-state index is -2.88. The van der Waals surface area contributed by atoms with Crippen LogP contribution < -0.4 is 10.2 Å². The number of amides is 1. The van der Waals surface area contributed by atoms with Gasteiger partial charge in [-0.25, -0.2) is 5.43 Å². The number of hydrogen-bond acceptors (Lipinski definition) is 3. The van der Waals surface area contributed by atoms with E-state index in [1.807, 2.05) is 54.6 Å². The lowest BCUT2D eigenvalue weighted by Crippen LogP contribution is -2.18. The molecule has 0 spiro atoms. The first-order chi connectivity index (χ1) is 14.6. The van der Waals surface area contributed by atoms with Gasteiger partial charge in [-0.3, -0.25) is 4.79 Å². The molecule has 0 aliphatic carbocycles. The van der Waals surface area contributed by atoms with Gasteiger partial charge in [0.15, 0.2) is 0 Å². The smallest absolute Gasteiger partial charge is 0.387 e. The Labute approximate surface area is 171 Å². The lowest BCUT2D eigenvalue weighted by molar-refractivity contribution is -0.0498. The van der Waals surface area contributed by atoms with Crippen molar-refractivity contribution in [2.45, 2.75) is 6.61 Å². The van der Waals surface area contributed by atoms with Crippen LogP contribution >= 0.6 is 0 Å². The van der Waals surface area contributed by atoms with Crippen molar-refractivity contribution >= 4 is 23.0 Å². The van der Waals surface area contributed by atoms with E-state index in [0.717, 1.165) is 22.0 Å². The molecule has 5 nitrogen and oxygen atoms in total. The van der Waals surface area contributed by atoms with Crippen LogP contribution in [0.4, 0.5) is 8.78 Å². The van der Waals surface area contributed by atoms with E-state index in [4.69, 9.17) is 0 Å². The number of carbonyl (C=O) groups excluding carboxylic acids is 1. The average Bonchev–Trinajstić information content (AvgIpc) is 3.15. The summed E-state index contributed by atoms with van der Waals surface area (Å²) in [4.78, 5) is 16.0. The third-order valence-corrected chi connectivity index (χ3v) is 4.48. The van der Waals surface area contributed by atoms with E-state index in [9.17, 15) is 13.6 Å². The number of carbonyl (C=O) groups is 1. The van der Waals surface area contributed by atoms with E-state index in [2.05, 4.69) is 20.2 Å². The van der Waals surface area contributed by atoms with Crippen molar-refractivity contribution < 1.29 is 18.3 Å². The number of nitrogens with one attached hydrogen (secondary N) is 2. The zero-order valence-electron chi connectivity index (χ0n) is 15.7. The second-order valence-corrected chi connectivity index (χ2v) is 6.43. The number of hydrogen-bond donors (Lipinski definition) is 2. The standard InChI is InChI=1S/C23H17F2N3O2/c24-23(25)30-17-12-10-15(11-13-17)14-26-28-22(29)21-20(16-6-2-1-3-7-16)18-8-4-5-9-19(18)27-21/h1-14,23,27H,(H,28,29)/b26-14+. The number of aromatic amines is 1. The van der Waals surface area contributed by atoms with Crippen LogP contribution in [0.2, 0.25) is 0 Å². The number of aromatic nitrogens is 1. The molecule has 1 aromatic heterocycles. The molecule has 0 atom stereocenters. The van der Waals surface area contributed by atoms with E-state index in [0.29, 0.717) is 11.3 Å². The van der Waals surface area contributed by atoms with Crippen LogP contribution in [0, 0.1) is 0 Å². The fourth-order valence-electron chi connectivity index (χ4n) is 3.17. The predicted octanol–water partition coefficient (Wildman–Crippen LogP) is 5.20. The first kappa shape index (κ1) is 19.3. The van der Waals surface area contributed by atoms with E-state index >= 15 is 0 Å². The van der Waals surface area contributed by atoms with E-state index in [1.165, 1.54) is 18.3 Å². The van der Waals surface area contributed by atoms with Crippen molar-refractivity contribution in [1.29, 1.82) is 0 Å². The molecule has 0 aliphatic rings. The van der Waals surface area contributed by atoms with Crippen LogP contribution in [0.3, 0.4) is 0 Å². The highest BCUT2D eigenvalue weighted by molar-refractivity contribution is 6.09. The minimum Gasteiger partial charge on any atom is -0.435 e. The fourth-order valence-corrected chi connectivity index (χ4v) is 3.17. The van der Waals surface area contributed by atoms with Crippen molar-refractivity contribution in [2.24, 2.45) is 5.10 Å². The van der Waals surface area contributed by atoms with Crippen molar-refractivity contribution in [2.75, 3.05) is 0 Å². The van der Waals surface area contributed by atoms with Gasteiger partial charge in [0, 0.05) is 16.5 Å². The lowest BCUT2D eigenvalue weighted by atomic mass is 10.0. The van der Waals surface area contributed by atoms with Gasteiger partial charge in [-0.05, 0) is 41.5 Å². The Kier molecular flexibility index (Phi) is 5.52. The van der Waals surface area contributed by atoms with Gasteiger partial charge in [0.05, 0.1) is 6.21 Å². The fraction of sp³-hybridized carbons (Fsp3) is 0.0435. The Morgan fingerprint density at radius 1 is 0.967 bits per heavy atom. The molecular formula is C23H17F2N3O2. The van der Waals surface area contributed by atoms with Crippen LogP contribution in [-0.4, -0.2) is 23.7 Å². The molecule has 3 aromatic carbocycles. The molecule has 4 aromatic rings. The molecule has 1 amide bonds. The largest absolute Gasteiger partial charge is 0.435 e. The van der Waals surface area contributed by atoms with Gasteiger partial charge in [0.1, 0.15) is 11.4 Å². The summed E-state index contributed by atoms with van der Waals surface area (Å²) in [6.45, 7) is -2.88. The maximum Gasteiger partial charge on any atom is 0.387 e. The first-order valence-electron chi connectivity index (χ1n) is 9.16. The third kappa shape index (κ3) is 4.20. The summed E-state index contributed by atoms with van der Waals surface area (Å²) in [5.74, 6) is -0.337. The van der Waals surface area contributed by atoms with Crippen LogP contribution in [0.5, 0.6) is 5.75 Å². The molecule has 0 aliphatic heterocycles. The van der Waals surface area contributed by atoms with Gasteiger partial charge < -0.3 is 9.72 Å². The van der Waals surface area contributed by atoms with Crippen LogP contribution in [-0.2, 0) is 0 Å². The normalized spacial score (nSPS) is 11.3. The Balaban J connectivity index is 1.56. The number of alkyl halides is 2. The summed E-state index contributed by atoms with van der Waals surface area (Å²) in [6.07, 6.45) is 1.43. The number of hydrazone groups is 1. The van der Waals surface area contributed by atoms with Crippen molar-refractivity contribution in [3.05, 3.63) is 90.1 Å². The molecule has 4 rings (SSSR count). The van der Waals surface area contributed by atoms with Gasteiger partial charge in [0.2, 0.25) is 0 Å². The van der Waals surface area contributed by atoms with Gasteiger partial charge >= 0.3 is 6.61 Å². The Hall–Kier alpha value is -4.00. The van der Waals surface area contributed by atoms with Gasteiger partial charge in [0.25, 0.3) is 5.91 Å². The van der Waals surface area contributed by atoms with Gasteiger partial charge in [-0.1, -0.05) is 48.5 Å². The highest BCUT2D eigenvalue weighted by Crippen LogP contribution is 2.32. The molecule has 0 saturated carbocycles. The number of H-pyrrole nitrogens is 1. The molecular weight excluding hydrogens is 388 g/mol. The molecule has 2 N–H and O–H groups in total.